The van der Waals surface area contributed by atoms with Gasteiger partial charge in [-0.05, 0) is 62.4 Å². The van der Waals surface area contributed by atoms with Crippen LogP contribution in [0.1, 0.15) is 36.8 Å². The normalized spacial score (nSPS) is 11.7. The van der Waals surface area contributed by atoms with Gasteiger partial charge < -0.3 is 5.11 Å². The van der Waals surface area contributed by atoms with Gasteiger partial charge in [0.25, 0.3) is 0 Å². The van der Waals surface area contributed by atoms with E-state index < -0.39 is 5.97 Å². The number of thiazole rings is 1. The summed E-state index contributed by atoms with van der Waals surface area (Å²) >= 11 is 6.47. The summed E-state index contributed by atoms with van der Waals surface area (Å²) in [5.74, 6) is -0.972. The summed E-state index contributed by atoms with van der Waals surface area (Å²) in [5, 5.41) is 21.3. The molecular weight excluding hydrogens is 426 g/mol. The standard InChI is InChI=1S/C15H14BrN5O2S2/c1-15(2,3)10-11(16)24-14(17-10)25-13-18-19-20-21(13)9-6-4-8(5-7-9)12(22)23/h4-7H,1-3H3,(H,22,23). The fourth-order valence-corrected chi connectivity index (χ4v) is 5.46. The van der Waals surface area contributed by atoms with Crippen LogP contribution >= 0.6 is 39.0 Å². The Kier molecular flexibility index (Phi) is 4.94. The molecule has 0 bridgehead atoms. The zero-order chi connectivity index (χ0) is 18.2. The van der Waals surface area contributed by atoms with Crippen LogP contribution in [0.25, 0.3) is 5.69 Å². The molecule has 0 aliphatic rings. The molecule has 1 aromatic carbocycles. The maximum absolute atomic E-state index is 11.0. The molecule has 130 valence electrons. The number of nitrogens with zero attached hydrogens (tertiary/aromatic N) is 5. The molecule has 0 unspecified atom stereocenters. The zero-order valence-corrected chi connectivity index (χ0v) is 16.8. The van der Waals surface area contributed by atoms with Crippen LogP contribution in [-0.2, 0) is 5.41 Å². The molecule has 3 aromatic rings. The summed E-state index contributed by atoms with van der Waals surface area (Å²) in [6.07, 6.45) is 0. The van der Waals surface area contributed by atoms with Crippen molar-refractivity contribution in [2.45, 2.75) is 35.7 Å². The Bertz CT molecular complexity index is 915. The molecule has 1 N–H and O–H groups in total. The second-order valence-corrected chi connectivity index (χ2v) is 9.71. The van der Waals surface area contributed by atoms with Crippen molar-refractivity contribution in [1.29, 1.82) is 0 Å². The van der Waals surface area contributed by atoms with Crippen molar-refractivity contribution < 1.29 is 9.90 Å². The van der Waals surface area contributed by atoms with Crippen molar-refractivity contribution in [2.24, 2.45) is 0 Å². The molecule has 0 radical (unpaired) electrons. The molecule has 3 rings (SSSR count). The number of carboxylic acid groups (broad SMARTS) is 1. The van der Waals surface area contributed by atoms with Crippen LogP contribution < -0.4 is 0 Å². The Balaban J connectivity index is 1.89. The summed E-state index contributed by atoms with van der Waals surface area (Å²) in [7, 11) is 0. The quantitative estimate of drug-likeness (QED) is 0.655. The third-order valence-electron chi connectivity index (χ3n) is 3.25. The number of halogens is 1. The van der Waals surface area contributed by atoms with Gasteiger partial charge in [0, 0.05) is 5.41 Å². The van der Waals surface area contributed by atoms with Gasteiger partial charge in [0.05, 0.1) is 20.7 Å². The van der Waals surface area contributed by atoms with E-state index >= 15 is 0 Å². The lowest BCUT2D eigenvalue weighted by molar-refractivity contribution is 0.0697. The molecule has 0 amide bonds. The van der Waals surface area contributed by atoms with Crippen molar-refractivity contribution in [3.63, 3.8) is 0 Å². The van der Waals surface area contributed by atoms with Gasteiger partial charge in [-0.3, -0.25) is 0 Å². The van der Waals surface area contributed by atoms with E-state index in [1.54, 1.807) is 16.8 Å². The van der Waals surface area contributed by atoms with Gasteiger partial charge in [0.2, 0.25) is 5.16 Å². The number of hydrogen-bond acceptors (Lipinski definition) is 7. The van der Waals surface area contributed by atoms with Crippen molar-refractivity contribution in [3.8, 4) is 5.69 Å². The van der Waals surface area contributed by atoms with E-state index in [2.05, 4.69) is 57.2 Å². The molecule has 25 heavy (non-hydrogen) atoms. The van der Waals surface area contributed by atoms with Crippen LogP contribution in [0.2, 0.25) is 0 Å². The lowest BCUT2D eigenvalue weighted by Crippen LogP contribution is -2.12. The van der Waals surface area contributed by atoms with E-state index in [0.29, 0.717) is 10.8 Å². The first-order valence-electron chi connectivity index (χ1n) is 7.22. The average molecular weight is 440 g/mol. The Labute approximate surface area is 160 Å². The molecule has 2 aromatic heterocycles. The van der Waals surface area contributed by atoms with E-state index in [4.69, 9.17) is 5.11 Å². The van der Waals surface area contributed by atoms with Gasteiger partial charge in [-0.1, -0.05) is 32.1 Å². The summed E-state index contributed by atoms with van der Waals surface area (Å²) in [6.45, 7) is 6.32. The van der Waals surface area contributed by atoms with Gasteiger partial charge in [0.1, 0.15) is 0 Å². The summed E-state index contributed by atoms with van der Waals surface area (Å²) in [6, 6.07) is 6.38. The number of carbonyl (C=O) groups is 1. The highest BCUT2D eigenvalue weighted by Gasteiger charge is 2.23. The largest absolute Gasteiger partial charge is 0.478 e. The third-order valence-corrected chi connectivity index (χ3v) is 5.96. The highest BCUT2D eigenvalue weighted by molar-refractivity contribution is 9.11. The van der Waals surface area contributed by atoms with Crippen LogP contribution in [0, 0.1) is 0 Å². The molecule has 0 atom stereocenters. The summed E-state index contributed by atoms with van der Waals surface area (Å²) < 4.78 is 3.38. The maximum Gasteiger partial charge on any atom is 0.335 e. The van der Waals surface area contributed by atoms with Crippen molar-refractivity contribution in [3.05, 3.63) is 39.3 Å². The maximum atomic E-state index is 11.0. The fourth-order valence-electron chi connectivity index (χ4n) is 2.02. The van der Waals surface area contributed by atoms with Gasteiger partial charge in [-0.2, -0.15) is 4.68 Å². The molecule has 0 saturated carbocycles. The minimum absolute atomic E-state index is 0.0628. The van der Waals surface area contributed by atoms with Crippen molar-refractivity contribution >= 4 is 45.0 Å². The van der Waals surface area contributed by atoms with E-state index in [9.17, 15) is 4.79 Å². The first-order valence-corrected chi connectivity index (χ1v) is 9.65. The zero-order valence-electron chi connectivity index (χ0n) is 13.6. The highest BCUT2D eigenvalue weighted by atomic mass is 79.9. The number of benzene rings is 1. The second-order valence-electron chi connectivity index (χ2n) is 6.18. The highest BCUT2D eigenvalue weighted by Crippen LogP contribution is 2.39. The number of rotatable bonds is 4. The van der Waals surface area contributed by atoms with Gasteiger partial charge >= 0.3 is 5.97 Å². The summed E-state index contributed by atoms with van der Waals surface area (Å²) in [5.41, 5.74) is 1.82. The lowest BCUT2D eigenvalue weighted by Gasteiger charge is -2.15. The first-order chi connectivity index (χ1) is 11.8. The Morgan fingerprint density at radius 2 is 1.96 bits per heavy atom. The van der Waals surface area contributed by atoms with Crippen LogP contribution in [0.5, 0.6) is 0 Å². The monoisotopic (exact) mass is 439 g/mol. The first kappa shape index (κ1) is 18.0. The average Bonchev–Trinajstić information content (AvgIpc) is 3.14. The number of hydrogen-bond donors (Lipinski definition) is 1. The molecule has 2 heterocycles. The summed E-state index contributed by atoms with van der Waals surface area (Å²) in [4.78, 5) is 15.6. The van der Waals surface area contributed by atoms with Gasteiger partial charge in [-0.15, -0.1) is 5.10 Å². The molecule has 0 saturated heterocycles. The van der Waals surface area contributed by atoms with E-state index in [1.165, 1.54) is 35.2 Å². The minimum Gasteiger partial charge on any atom is -0.478 e. The minimum atomic E-state index is -0.972. The van der Waals surface area contributed by atoms with Crippen molar-refractivity contribution in [1.82, 2.24) is 25.2 Å². The SMILES string of the molecule is CC(C)(C)c1nc(Sc2nnnn2-c2ccc(C(=O)O)cc2)sc1Br. The van der Waals surface area contributed by atoms with Crippen molar-refractivity contribution in [2.75, 3.05) is 0 Å². The molecule has 7 nitrogen and oxygen atoms in total. The molecule has 0 aliphatic carbocycles. The van der Waals surface area contributed by atoms with Crippen LogP contribution in [0.3, 0.4) is 0 Å². The fraction of sp³-hybridized carbons (Fsp3) is 0.267. The molecule has 0 fully saturated rings. The predicted octanol–water partition coefficient (Wildman–Crippen LogP) is 4.03. The number of aromatic carboxylic acids is 1. The molecule has 10 heteroatoms. The number of tetrazole rings is 1. The predicted molar refractivity (Wildman–Crippen MR) is 98.8 cm³/mol. The van der Waals surface area contributed by atoms with Gasteiger partial charge in [-0.25, -0.2) is 9.78 Å². The smallest absolute Gasteiger partial charge is 0.335 e. The molecule has 0 spiro atoms. The molecule has 0 aliphatic heterocycles. The van der Waals surface area contributed by atoms with E-state index in [0.717, 1.165) is 13.8 Å². The van der Waals surface area contributed by atoms with E-state index in [-0.39, 0.29) is 11.0 Å². The topological polar surface area (TPSA) is 93.8 Å². The van der Waals surface area contributed by atoms with E-state index in [1.807, 2.05) is 0 Å². The Morgan fingerprint density at radius 3 is 2.52 bits per heavy atom. The third kappa shape index (κ3) is 3.91. The Hall–Kier alpha value is -1.78. The van der Waals surface area contributed by atoms with Crippen LogP contribution in [0.4, 0.5) is 0 Å². The Morgan fingerprint density at radius 1 is 1.28 bits per heavy atom. The molecular formula is C15H14BrN5O2S2. The lowest BCUT2D eigenvalue weighted by atomic mass is 9.93. The van der Waals surface area contributed by atoms with Crippen LogP contribution in [0.15, 0.2) is 37.5 Å². The number of aromatic nitrogens is 5. The number of carboxylic acids is 1. The van der Waals surface area contributed by atoms with Crippen LogP contribution in [-0.4, -0.2) is 36.3 Å². The van der Waals surface area contributed by atoms with Gasteiger partial charge in [0.15, 0.2) is 4.34 Å². The second kappa shape index (κ2) is 6.85.